The zero-order valence-electron chi connectivity index (χ0n) is 9.69. The molecule has 0 amide bonds. The maximum absolute atomic E-state index is 11.9. The molecule has 0 aliphatic heterocycles. The summed E-state index contributed by atoms with van der Waals surface area (Å²) in [5.41, 5.74) is -0.498. The average molecular weight is 220 g/mol. The molecule has 86 valence electrons. The highest BCUT2D eigenvalue weighted by molar-refractivity contribution is 4.95. The molecule has 0 aromatic carbocycles. The van der Waals surface area contributed by atoms with Gasteiger partial charge >= 0.3 is 5.69 Å². The summed E-state index contributed by atoms with van der Waals surface area (Å²) in [6.45, 7) is 4.73. The van der Waals surface area contributed by atoms with E-state index in [1.807, 2.05) is 6.92 Å². The molecular formula is C12H16N2O2. The molecule has 0 unspecified atom stereocenters. The van der Waals surface area contributed by atoms with Crippen LogP contribution in [0.4, 0.5) is 0 Å². The van der Waals surface area contributed by atoms with Crippen LogP contribution in [0, 0.1) is 11.8 Å². The number of rotatable bonds is 4. The van der Waals surface area contributed by atoms with Crippen molar-refractivity contribution in [1.82, 2.24) is 9.13 Å². The number of aryl methyl sites for hydroxylation is 1. The summed E-state index contributed by atoms with van der Waals surface area (Å²) in [5, 5.41) is 0. The van der Waals surface area contributed by atoms with Crippen molar-refractivity contribution in [2.24, 2.45) is 0 Å². The monoisotopic (exact) mass is 220 g/mol. The predicted molar refractivity (Wildman–Crippen MR) is 63.3 cm³/mol. The summed E-state index contributed by atoms with van der Waals surface area (Å²) in [5.74, 6) is 5.59. The van der Waals surface area contributed by atoms with Gasteiger partial charge in [-0.05, 0) is 13.3 Å². The summed E-state index contributed by atoms with van der Waals surface area (Å²) in [6.07, 6.45) is 2.95. The molecule has 0 fully saturated rings. The minimum Gasteiger partial charge on any atom is -0.300 e. The van der Waals surface area contributed by atoms with E-state index >= 15 is 0 Å². The lowest BCUT2D eigenvalue weighted by molar-refractivity contribution is 0.551. The molecule has 0 bridgehead atoms. The normalized spacial score (nSPS) is 9.62. The molecule has 0 saturated carbocycles. The Balaban J connectivity index is 3.05. The van der Waals surface area contributed by atoms with E-state index in [1.165, 1.54) is 10.6 Å². The van der Waals surface area contributed by atoms with Crippen LogP contribution in [0.5, 0.6) is 0 Å². The van der Waals surface area contributed by atoms with Crippen LogP contribution in [0.1, 0.15) is 26.7 Å². The van der Waals surface area contributed by atoms with Crippen LogP contribution in [-0.2, 0) is 13.1 Å². The highest BCUT2D eigenvalue weighted by atomic mass is 16.2. The Kier molecular flexibility index (Phi) is 4.59. The molecule has 4 heteroatoms. The zero-order valence-corrected chi connectivity index (χ0v) is 9.69. The quantitative estimate of drug-likeness (QED) is 0.705. The second-order valence-corrected chi connectivity index (χ2v) is 3.46. The van der Waals surface area contributed by atoms with Crippen molar-refractivity contribution in [2.45, 2.75) is 39.8 Å². The van der Waals surface area contributed by atoms with Gasteiger partial charge < -0.3 is 4.57 Å². The first kappa shape index (κ1) is 12.3. The lowest BCUT2D eigenvalue weighted by Crippen LogP contribution is -2.38. The summed E-state index contributed by atoms with van der Waals surface area (Å²) >= 11 is 0. The maximum atomic E-state index is 11.9. The Hall–Kier alpha value is -1.76. The molecule has 1 aromatic rings. The molecule has 0 radical (unpaired) electrons. The number of aromatic nitrogens is 2. The van der Waals surface area contributed by atoms with Gasteiger partial charge in [-0.3, -0.25) is 9.36 Å². The van der Waals surface area contributed by atoms with Crippen LogP contribution >= 0.6 is 0 Å². The molecular weight excluding hydrogens is 204 g/mol. The average Bonchev–Trinajstić information content (AvgIpc) is 2.27. The van der Waals surface area contributed by atoms with Gasteiger partial charge in [-0.15, -0.1) is 11.8 Å². The second kappa shape index (κ2) is 5.96. The van der Waals surface area contributed by atoms with Crippen LogP contribution in [0.3, 0.4) is 0 Å². The van der Waals surface area contributed by atoms with Gasteiger partial charge in [-0.1, -0.05) is 6.92 Å². The van der Waals surface area contributed by atoms with Crippen molar-refractivity contribution in [3.8, 4) is 11.8 Å². The van der Waals surface area contributed by atoms with Crippen molar-refractivity contribution in [3.05, 3.63) is 33.1 Å². The predicted octanol–water partition coefficient (Wildman–Crippen LogP) is 0.833. The van der Waals surface area contributed by atoms with E-state index in [4.69, 9.17) is 0 Å². The Bertz CT molecular complexity index is 514. The molecule has 0 atom stereocenters. The van der Waals surface area contributed by atoms with Crippen LogP contribution < -0.4 is 11.2 Å². The SMILES string of the molecule is CC#CCCn1c(=O)ccn(CCC)c1=O. The molecule has 4 nitrogen and oxygen atoms in total. The molecule has 1 rings (SSSR count). The number of hydrogen-bond donors (Lipinski definition) is 0. The number of nitrogens with zero attached hydrogens (tertiary/aromatic N) is 2. The molecule has 0 spiro atoms. The van der Waals surface area contributed by atoms with Crippen LogP contribution in [0.15, 0.2) is 21.9 Å². The van der Waals surface area contributed by atoms with Crippen LogP contribution in [0.2, 0.25) is 0 Å². The van der Waals surface area contributed by atoms with Crippen LogP contribution in [0.25, 0.3) is 0 Å². The fourth-order valence-corrected chi connectivity index (χ4v) is 1.47. The van der Waals surface area contributed by atoms with Gasteiger partial charge in [0.2, 0.25) is 0 Å². The van der Waals surface area contributed by atoms with E-state index in [0.29, 0.717) is 19.5 Å². The molecule has 0 N–H and O–H groups in total. The number of hydrogen-bond acceptors (Lipinski definition) is 2. The van der Waals surface area contributed by atoms with Gasteiger partial charge in [0, 0.05) is 31.8 Å². The van der Waals surface area contributed by atoms with Gasteiger partial charge in [0.15, 0.2) is 0 Å². The van der Waals surface area contributed by atoms with E-state index in [2.05, 4.69) is 11.8 Å². The molecule has 16 heavy (non-hydrogen) atoms. The molecule has 0 saturated heterocycles. The fraction of sp³-hybridized carbons (Fsp3) is 0.500. The molecule has 1 heterocycles. The Morgan fingerprint density at radius 3 is 2.69 bits per heavy atom. The van der Waals surface area contributed by atoms with Gasteiger partial charge in [-0.2, -0.15) is 0 Å². The minimum atomic E-state index is -0.254. The standard InChI is InChI=1S/C12H16N2O2/c1-3-5-6-9-14-11(15)7-10-13(8-4-2)12(14)16/h7,10H,4,6,8-9H2,1-2H3. The van der Waals surface area contributed by atoms with Gasteiger partial charge in [0.25, 0.3) is 5.56 Å². The summed E-state index contributed by atoms with van der Waals surface area (Å²) in [4.78, 5) is 23.3. The van der Waals surface area contributed by atoms with Crippen molar-refractivity contribution in [1.29, 1.82) is 0 Å². The zero-order chi connectivity index (χ0) is 12.0. The lowest BCUT2D eigenvalue weighted by atomic mass is 10.4. The van der Waals surface area contributed by atoms with E-state index in [9.17, 15) is 9.59 Å². The van der Waals surface area contributed by atoms with Crippen molar-refractivity contribution in [3.63, 3.8) is 0 Å². The first-order chi connectivity index (χ1) is 7.70. The Labute approximate surface area is 94.5 Å². The Morgan fingerprint density at radius 2 is 2.06 bits per heavy atom. The van der Waals surface area contributed by atoms with Gasteiger partial charge in [0.05, 0.1) is 0 Å². The largest absolute Gasteiger partial charge is 0.330 e. The fourth-order valence-electron chi connectivity index (χ4n) is 1.47. The Morgan fingerprint density at radius 1 is 1.31 bits per heavy atom. The lowest BCUT2D eigenvalue weighted by Gasteiger charge is -2.07. The molecule has 1 aromatic heterocycles. The topological polar surface area (TPSA) is 44.0 Å². The van der Waals surface area contributed by atoms with Crippen LogP contribution in [-0.4, -0.2) is 9.13 Å². The summed E-state index contributed by atoms with van der Waals surface area (Å²) in [7, 11) is 0. The van der Waals surface area contributed by atoms with Crippen molar-refractivity contribution in [2.75, 3.05) is 0 Å². The highest BCUT2D eigenvalue weighted by Gasteiger charge is 2.03. The molecule has 0 aliphatic carbocycles. The third-order valence-corrected chi connectivity index (χ3v) is 2.24. The second-order valence-electron chi connectivity index (χ2n) is 3.46. The van der Waals surface area contributed by atoms with E-state index in [0.717, 1.165) is 6.42 Å². The maximum Gasteiger partial charge on any atom is 0.330 e. The third kappa shape index (κ3) is 2.86. The molecule has 0 aliphatic rings. The first-order valence-corrected chi connectivity index (χ1v) is 5.40. The first-order valence-electron chi connectivity index (χ1n) is 5.40. The third-order valence-electron chi connectivity index (χ3n) is 2.24. The smallest absolute Gasteiger partial charge is 0.300 e. The van der Waals surface area contributed by atoms with E-state index in [-0.39, 0.29) is 11.2 Å². The summed E-state index contributed by atoms with van der Waals surface area (Å²) < 4.78 is 2.79. The highest BCUT2D eigenvalue weighted by Crippen LogP contribution is 1.85. The van der Waals surface area contributed by atoms with Crippen molar-refractivity contribution >= 4 is 0 Å². The van der Waals surface area contributed by atoms with Crippen molar-refractivity contribution < 1.29 is 0 Å². The van der Waals surface area contributed by atoms with Gasteiger partial charge in [-0.25, -0.2) is 4.79 Å². The minimum absolute atomic E-state index is 0.243. The van der Waals surface area contributed by atoms with Gasteiger partial charge in [0.1, 0.15) is 0 Å². The van der Waals surface area contributed by atoms with E-state index < -0.39 is 0 Å². The van der Waals surface area contributed by atoms with E-state index in [1.54, 1.807) is 17.7 Å². The summed E-state index contributed by atoms with van der Waals surface area (Å²) in [6, 6.07) is 1.43.